The minimum absolute atomic E-state index is 0.300. The van der Waals surface area contributed by atoms with Crippen LogP contribution in [0.3, 0.4) is 0 Å². The molecular weight excluding hydrogens is 404 g/mol. The fourth-order valence-corrected chi connectivity index (χ4v) is 3.25. The van der Waals surface area contributed by atoms with Crippen molar-refractivity contribution in [3.8, 4) is 5.75 Å². The molecule has 4 rings (SSSR count). The van der Waals surface area contributed by atoms with Crippen LogP contribution < -0.4 is 15.0 Å². The summed E-state index contributed by atoms with van der Waals surface area (Å²) in [6.07, 6.45) is 1.54. The molecule has 0 radical (unpaired) electrons. The molecule has 0 fully saturated rings. The van der Waals surface area contributed by atoms with Gasteiger partial charge in [0.15, 0.2) is 0 Å². The number of methoxy groups -OCH3 is 1. The highest BCUT2D eigenvalue weighted by Gasteiger charge is 2.19. The van der Waals surface area contributed by atoms with E-state index in [4.69, 9.17) is 16.3 Å². The number of hydrogen-bond acceptors (Lipinski definition) is 4. The van der Waals surface area contributed by atoms with Crippen LogP contribution in [0, 0.1) is 0 Å². The van der Waals surface area contributed by atoms with Crippen LogP contribution in [-0.4, -0.2) is 28.3 Å². The Hall–Kier alpha value is -3.71. The molecule has 0 unspecified atom stereocenters. The average Bonchev–Trinajstić information content (AvgIpc) is 3.14. The summed E-state index contributed by atoms with van der Waals surface area (Å²) in [4.78, 5) is 15.5. The highest BCUT2D eigenvalue weighted by Crippen LogP contribution is 2.30. The number of aromatic nitrogens is 2. The number of carbonyl (C=O) groups is 1. The second kappa shape index (κ2) is 8.34. The third-order valence-corrected chi connectivity index (χ3v) is 4.93. The lowest BCUT2D eigenvalue weighted by molar-refractivity contribution is 0.161. The lowest BCUT2D eigenvalue weighted by Gasteiger charge is -2.24. The monoisotopic (exact) mass is 422 g/mol. The molecule has 4 aromatic rings. The molecule has 0 saturated carbocycles. The largest absolute Gasteiger partial charge is 0.497 e. The number of halogens is 1. The molecule has 0 aliphatic rings. The zero-order chi connectivity index (χ0) is 21.1. The summed E-state index contributed by atoms with van der Waals surface area (Å²) >= 11 is 5.93. The van der Waals surface area contributed by atoms with Crippen molar-refractivity contribution in [1.29, 1.82) is 0 Å². The van der Waals surface area contributed by atoms with Gasteiger partial charge in [0.2, 0.25) is 0 Å². The number of benzene rings is 3. The first-order valence-corrected chi connectivity index (χ1v) is 9.56. The molecule has 0 aliphatic carbocycles. The number of carbonyl (C=O) groups excluding carboxylic acids is 1. The molecule has 7 nitrogen and oxygen atoms in total. The van der Waals surface area contributed by atoms with Crippen molar-refractivity contribution in [2.75, 3.05) is 12.0 Å². The van der Waals surface area contributed by atoms with Gasteiger partial charge in [-0.25, -0.2) is 4.79 Å². The van der Waals surface area contributed by atoms with E-state index in [0.29, 0.717) is 39.6 Å². The van der Waals surface area contributed by atoms with Gasteiger partial charge in [-0.15, -0.1) is 9.94 Å². The fraction of sp³-hybridized carbons (Fsp3) is 0.0909. The van der Waals surface area contributed by atoms with Gasteiger partial charge in [-0.05, 0) is 60.2 Å². The van der Waals surface area contributed by atoms with Crippen molar-refractivity contribution < 1.29 is 14.7 Å². The zero-order valence-electron chi connectivity index (χ0n) is 16.1. The number of nitrogens with zero attached hydrogens (tertiary/aromatic N) is 3. The van der Waals surface area contributed by atoms with E-state index in [9.17, 15) is 10.0 Å². The van der Waals surface area contributed by atoms with Crippen LogP contribution in [0.2, 0.25) is 5.02 Å². The van der Waals surface area contributed by atoms with E-state index in [0.717, 1.165) is 10.4 Å². The number of ether oxygens (including phenoxy) is 1. The normalized spacial score (nSPS) is 10.7. The van der Waals surface area contributed by atoms with Crippen molar-refractivity contribution >= 4 is 39.9 Å². The Labute approximate surface area is 178 Å². The van der Waals surface area contributed by atoms with Crippen LogP contribution in [0.5, 0.6) is 5.75 Å². The topological polar surface area (TPSA) is 79.6 Å². The summed E-state index contributed by atoms with van der Waals surface area (Å²) in [5.74, 6) is 0.692. The molecule has 1 aromatic heterocycles. The van der Waals surface area contributed by atoms with Crippen molar-refractivity contribution in [2.24, 2.45) is 0 Å². The molecule has 0 saturated heterocycles. The van der Waals surface area contributed by atoms with Crippen LogP contribution >= 0.6 is 11.6 Å². The van der Waals surface area contributed by atoms with E-state index in [1.165, 1.54) is 6.20 Å². The van der Waals surface area contributed by atoms with Crippen molar-refractivity contribution in [1.82, 2.24) is 15.3 Å². The Kier molecular flexibility index (Phi) is 5.45. The highest BCUT2D eigenvalue weighted by molar-refractivity contribution is 6.30. The molecule has 0 spiro atoms. The summed E-state index contributed by atoms with van der Waals surface area (Å²) in [5.41, 5.74) is 2.78. The number of hydrogen-bond donors (Lipinski definition) is 2. The second-order valence-electron chi connectivity index (χ2n) is 6.60. The van der Waals surface area contributed by atoms with Crippen molar-refractivity contribution in [2.45, 2.75) is 6.54 Å². The van der Waals surface area contributed by atoms with E-state index in [1.54, 1.807) is 66.6 Å². The SMILES string of the molecule is COc1ccc(N(C(=O)NCc2ccc(Cl)cc2)c2ccc3c(cnn3O)c2)cc1. The minimum Gasteiger partial charge on any atom is -0.497 e. The van der Waals surface area contributed by atoms with Crippen LogP contribution in [0.15, 0.2) is 72.9 Å². The maximum Gasteiger partial charge on any atom is 0.326 e. The maximum absolute atomic E-state index is 13.2. The van der Waals surface area contributed by atoms with Crippen LogP contribution in [0.1, 0.15) is 5.56 Å². The first-order valence-electron chi connectivity index (χ1n) is 9.18. The Bertz CT molecular complexity index is 1170. The summed E-state index contributed by atoms with van der Waals surface area (Å²) in [7, 11) is 1.59. The summed E-state index contributed by atoms with van der Waals surface area (Å²) in [6.45, 7) is 0.347. The quantitative estimate of drug-likeness (QED) is 0.444. The van der Waals surface area contributed by atoms with E-state index in [1.807, 2.05) is 12.1 Å². The van der Waals surface area contributed by atoms with E-state index in [2.05, 4.69) is 10.4 Å². The predicted molar refractivity (Wildman–Crippen MR) is 116 cm³/mol. The first-order chi connectivity index (χ1) is 14.5. The van der Waals surface area contributed by atoms with Crippen molar-refractivity contribution in [3.63, 3.8) is 0 Å². The fourth-order valence-electron chi connectivity index (χ4n) is 3.12. The van der Waals surface area contributed by atoms with Crippen molar-refractivity contribution in [3.05, 3.63) is 83.5 Å². The third-order valence-electron chi connectivity index (χ3n) is 4.68. The molecule has 30 heavy (non-hydrogen) atoms. The molecule has 2 N–H and O–H groups in total. The van der Waals surface area contributed by atoms with Gasteiger partial charge >= 0.3 is 6.03 Å². The summed E-state index contributed by atoms with van der Waals surface area (Å²) in [5, 5.41) is 17.9. The molecule has 8 heteroatoms. The minimum atomic E-state index is -0.300. The van der Waals surface area contributed by atoms with Crippen LogP contribution in [0.4, 0.5) is 16.2 Å². The van der Waals surface area contributed by atoms with Crippen LogP contribution in [-0.2, 0) is 6.54 Å². The second-order valence-corrected chi connectivity index (χ2v) is 7.03. The molecule has 0 atom stereocenters. The Morgan fingerprint density at radius 2 is 1.80 bits per heavy atom. The number of fused-ring (bicyclic) bond motifs is 1. The van der Waals surface area contributed by atoms with E-state index >= 15 is 0 Å². The lowest BCUT2D eigenvalue weighted by Crippen LogP contribution is -2.36. The first kappa shape index (κ1) is 19.6. The predicted octanol–water partition coefficient (Wildman–Crippen LogP) is 4.98. The molecule has 152 valence electrons. The Morgan fingerprint density at radius 3 is 2.50 bits per heavy atom. The number of rotatable bonds is 5. The molecule has 1 heterocycles. The van der Waals surface area contributed by atoms with Gasteiger partial charge in [0.25, 0.3) is 0 Å². The molecule has 0 bridgehead atoms. The molecule has 3 aromatic carbocycles. The van der Waals surface area contributed by atoms with Gasteiger partial charge in [-0.2, -0.15) is 0 Å². The number of anilines is 2. The van der Waals surface area contributed by atoms with E-state index in [-0.39, 0.29) is 6.03 Å². The average molecular weight is 423 g/mol. The molecular formula is C22H19ClN4O3. The van der Waals surface area contributed by atoms with Gasteiger partial charge in [0, 0.05) is 17.0 Å². The standard InChI is InChI=1S/C22H19ClN4O3/c1-30-20-9-6-18(7-10-20)26(19-8-11-21-16(12-19)14-25-27(21)29)22(28)24-13-15-2-4-17(23)5-3-15/h2-12,14,29H,13H2,1H3,(H,24,28). The van der Waals surface area contributed by atoms with Gasteiger partial charge in [-0.1, -0.05) is 23.7 Å². The lowest BCUT2D eigenvalue weighted by atomic mass is 10.2. The zero-order valence-corrected chi connectivity index (χ0v) is 16.9. The summed E-state index contributed by atoms with van der Waals surface area (Å²) in [6, 6.07) is 19.4. The smallest absolute Gasteiger partial charge is 0.326 e. The Morgan fingerprint density at radius 1 is 1.10 bits per heavy atom. The maximum atomic E-state index is 13.2. The molecule has 2 amide bonds. The number of nitrogens with one attached hydrogen (secondary N) is 1. The number of urea groups is 1. The highest BCUT2D eigenvalue weighted by atomic mass is 35.5. The van der Waals surface area contributed by atoms with Gasteiger partial charge < -0.3 is 15.3 Å². The van der Waals surface area contributed by atoms with Gasteiger partial charge in [0.05, 0.1) is 24.7 Å². The molecule has 0 aliphatic heterocycles. The Balaban J connectivity index is 1.66. The summed E-state index contributed by atoms with van der Waals surface area (Å²) < 4.78 is 5.22. The van der Waals surface area contributed by atoms with Gasteiger partial charge in [-0.3, -0.25) is 4.90 Å². The van der Waals surface area contributed by atoms with E-state index < -0.39 is 0 Å². The number of amides is 2. The van der Waals surface area contributed by atoms with Gasteiger partial charge in [0.1, 0.15) is 11.3 Å². The third kappa shape index (κ3) is 4.01. The van der Waals surface area contributed by atoms with Crippen LogP contribution in [0.25, 0.3) is 10.9 Å².